The third kappa shape index (κ3) is 3.97. The van der Waals surface area contributed by atoms with Crippen LogP contribution in [0, 0.1) is 5.41 Å². The van der Waals surface area contributed by atoms with Gasteiger partial charge in [-0.1, -0.05) is 25.5 Å². The van der Waals surface area contributed by atoms with E-state index in [4.69, 9.17) is 4.79 Å². The van der Waals surface area contributed by atoms with Crippen LogP contribution in [-0.2, 0) is 4.79 Å². The van der Waals surface area contributed by atoms with Crippen molar-refractivity contribution in [3.05, 3.63) is 11.6 Å². The Morgan fingerprint density at radius 3 is 2.27 bits per heavy atom. The molecule has 0 atom stereocenters. The molecule has 0 N–H and O–H groups in total. The maximum absolute atomic E-state index is 8.00. The fraction of sp³-hybridized carbons (Fsp3) is 0.700. The highest BCUT2D eigenvalue weighted by atomic mass is 16.1. The molecule has 1 aliphatic rings. The minimum Gasteiger partial charge on any atom is -0.307 e. The Hall–Kier alpha value is -0.590. The molecule has 0 aliphatic heterocycles. The van der Waals surface area contributed by atoms with Gasteiger partial charge >= 0.3 is 0 Å². The standard InChI is InChI=1S/C9H16.CH2O/c1-8-5-4-6-9(2,3)7-8;1-2/h5H,4,6-7H2,1-3H3;1H2. The van der Waals surface area contributed by atoms with Gasteiger partial charge in [-0.2, -0.15) is 0 Å². The van der Waals surface area contributed by atoms with Crippen LogP contribution in [0.5, 0.6) is 0 Å². The van der Waals surface area contributed by atoms with Crippen LogP contribution in [0.15, 0.2) is 11.6 Å². The molecule has 1 rings (SSSR count). The lowest BCUT2D eigenvalue weighted by Gasteiger charge is -2.28. The minimum atomic E-state index is 0.582. The van der Waals surface area contributed by atoms with E-state index < -0.39 is 0 Å². The van der Waals surface area contributed by atoms with Crippen LogP contribution in [0.1, 0.15) is 40.0 Å². The first-order valence-electron chi connectivity index (χ1n) is 4.05. The van der Waals surface area contributed by atoms with Crippen molar-refractivity contribution >= 4 is 6.79 Å². The Kier molecular flexibility index (Phi) is 4.09. The van der Waals surface area contributed by atoms with Crippen molar-refractivity contribution in [2.75, 3.05) is 0 Å². The summed E-state index contributed by atoms with van der Waals surface area (Å²) in [5, 5.41) is 0. The summed E-state index contributed by atoms with van der Waals surface area (Å²) in [5.74, 6) is 0. The van der Waals surface area contributed by atoms with Gasteiger partial charge in [-0.15, -0.1) is 0 Å². The van der Waals surface area contributed by atoms with Crippen LogP contribution in [0.2, 0.25) is 0 Å². The van der Waals surface area contributed by atoms with Crippen molar-refractivity contribution < 1.29 is 4.79 Å². The molecule has 0 unspecified atom stereocenters. The van der Waals surface area contributed by atoms with E-state index in [0.29, 0.717) is 5.41 Å². The number of carbonyl (C=O) groups is 1. The summed E-state index contributed by atoms with van der Waals surface area (Å²) in [7, 11) is 0. The summed E-state index contributed by atoms with van der Waals surface area (Å²) in [6, 6.07) is 0. The molecule has 0 amide bonds. The molecule has 1 aliphatic carbocycles. The smallest absolute Gasteiger partial charge is 0.106 e. The molecule has 1 heteroatoms. The SMILES string of the molecule is C=O.CC1=CCCC(C)(C)C1. The predicted octanol–water partition coefficient (Wildman–Crippen LogP) is 2.96. The van der Waals surface area contributed by atoms with Crippen LogP contribution < -0.4 is 0 Å². The molecule has 0 radical (unpaired) electrons. The molecule has 0 saturated heterocycles. The van der Waals surface area contributed by atoms with Crippen LogP contribution in [0.3, 0.4) is 0 Å². The topological polar surface area (TPSA) is 17.1 Å². The number of rotatable bonds is 0. The van der Waals surface area contributed by atoms with Gasteiger partial charge < -0.3 is 4.79 Å². The van der Waals surface area contributed by atoms with E-state index in [1.807, 2.05) is 6.79 Å². The summed E-state index contributed by atoms with van der Waals surface area (Å²) in [4.78, 5) is 8.00. The largest absolute Gasteiger partial charge is 0.307 e. The fourth-order valence-electron chi connectivity index (χ4n) is 1.62. The van der Waals surface area contributed by atoms with Gasteiger partial charge in [0.05, 0.1) is 0 Å². The highest BCUT2D eigenvalue weighted by Gasteiger charge is 2.20. The van der Waals surface area contributed by atoms with E-state index in [1.165, 1.54) is 19.3 Å². The molecule has 64 valence electrons. The summed E-state index contributed by atoms with van der Waals surface area (Å²) in [6.45, 7) is 8.94. The van der Waals surface area contributed by atoms with E-state index in [0.717, 1.165) is 0 Å². The van der Waals surface area contributed by atoms with Gasteiger partial charge in [-0.05, 0) is 31.6 Å². The molecular weight excluding hydrogens is 136 g/mol. The fourth-order valence-corrected chi connectivity index (χ4v) is 1.62. The zero-order valence-electron chi connectivity index (χ0n) is 7.81. The van der Waals surface area contributed by atoms with Crippen molar-refractivity contribution in [1.29, 1.82) is 0 Å². The van der Waals surface area contributed by atoms with Crippen LogP contribution in [0.4, 0.5) is 0 Å². The van der Waals surface area contributed by atoms with Crippen LogP contribution in [-0.4, -0.2) is 6.79 Å². The monoisotopic (exact) mass is 154 g/mol. The molecule has 0 fully saturated rings. The Labute approximate surface area is 69.5 Å². The molecule has 0 aromatic carbocycles. The van der Waals surface area contributed by atoms with E-state index in [9.17, 15) is 0 Å². The second kappa shape index (κ2) is 4.32. The van der Waals surface area contributed by atoms with Crippen molar-refractivity contribution in [2.45, 2.75) is 40.0 Å². The van der Waals surface area contributed by atoms with Crippen molar-refractivity contribution in [3.63, 3.8) is 0 Å². The number of carbonyl (C=O) groups excluding carboxylic acids is 1. The first-order chi connectivity index (χ1) is 5.10. The first-order valence-corrected chi connectivity index (χ1v) is 4.05. The molecule has 0 aromatic rings. The normalized spacial score (nSPS) is 21.2. The van der Waals surface area contributed by atoms with Gasteiger partial charge in [0.2, 0.25) is 0 Å². The van der Waals surface area contributed by atoms with Crippen molar-refractivity contribution in [1.82, 2.24) is 0 Å². The zero-order valence-corrected chi connectivity index (χ0v) is 7.81. The van der Waals surface area contributed by atoms with Crippen LogP contribution >= 0.6 is 0 Å². The molecule has 0 aromatic heterocycles. The van der Waals surface area contributed by atoms with E-state index in [-0.39, 0.29) is 0 Å². The molecule has 1 nitrogen and oxygen atoms in total. The molecule has 0 heterocycles. The maximum Gasteiger partial charge on any atom is 0.106 e. The average molecular weight is 154 g/mol. The predicted molar refractivity (Wildman–Crippen MR) is 48.5 cm³/mol. The Morgan fingerprint density at radius 1 is 1.45 bits per heavy atom. The quantitative estimate of drug-likeness (QED) is 0.490. The number of hydrogen-bond donors (Lipinski definition) is 0. The zero-order chi connectivity index (χ0) is 8.91. The van der Waals surface area contributed by atoms with Gasteiger partial charge in [-0.3, -0.25) is 0 Å². The minimum absolute atomic E-state index is 0.582. The summed E-state index contributed by atoms with van der Waals surface area (Å²) in [5.41, 5.74) is 2.16. The van der Waals surface area contributed by atoms with E-state index in [1.54, 1.807) is 5.57 Å². The molecular formula is C10H18O. The number of allylic oxidation sites excluding steroid dienone is 2. The highest BCUT2D eigenvalue weighted by Crippen LogP contribution is 2.34. The van der Waals surface area contributed by atoms with Gasteiger partial charge in [0.15, 0.2) is 0 Å². The van der Waals surface area contributed by atoms with E-state index >= 15 is 0 Å². The first kappa shape index (κ1) is 10.4. The molecule has 0 bridgehead atoms. The number of hydrogen-bond acceptors (Lipinski definition) is 1. The van der Waals surface area contributed by atoms with Gasteiger partial charge in [-0.25, -0.2) is 0 Å². The van der Waals surface area contributed by atoms with Crippen molar-refractivity contribution in [3.8, 4) is 0 Å². The van der Waals surface area contributed by atoms with E-state index in [2.05, 4.69) is 26.8 Å². The summed E-state index contributed by atoms with van der Waals surface area (Å²) in [6.07, 6.45) is 6.32. The Bertz CT molecular complexity index is 145. The highest BCUT2D eigenvalue weighted by molar-refractivity contribution is 5.11. The third-order valence-corrected chi connectivity index (χ3v) is 2.07. The summed E-state index contributed by atoms with van der Waals surface area (Å²) < 4.78 is 0. The van der Waals surface area contributed by atoms with Crippen molar-refractivity contribution in [2.24, 2.45) is 5.41 Å². The average Bonchev–Trinajstić information content (AvgIpc) is 1.89. The molecule has 11 heavy (non-hydrogen) atoms. The summed E-state index contributed by atoms with van der Waals surface area (Å²) >= 11 is 0. The Morgan fingerprint density at radius 2 is 2.00 bits per heavy atom. The van der Waals surface area contributed by atoms with Gasteiger partial charge in [0, 0.05) is 0 Å². The second-order valence-electron chi connectivity index (χ2n) is 3.93. The third-order valence-electron chi connectivity index (χ3n) is 2.07. The van der Waals surface area contributed by atoms with Gasteiger partial charge in [0.1, 0.15) is 6.79 Å². The lowest BCUT2D eigenvalue weighted by molar-refractivity contribution is -0.0979. The Balaban J connectivity index is 0.000000461. The van der Waals surface area contributed by atoms with Gasteiger partial charge in [0.25, 0.3) is 0 Å². The van der Waals surface area contributed by atoms with Crippen LogP contribution in [0.25, 0.3) is 0 Å². The second-order valence-corrected chi connectivity index (χ2v) is 3.93. The lowest BCUT2D eigenvalue weighted by atomic mass is 9.78. The maximum atomic E-state index is 8.00. The molecule has 0 spiro atoms. The molecule has 0 saturated carbocycles. The lowest BCUT2D eigenvalue weighted by Crippen LogP contribution is -2.14.